The molecule has 0 saturated carbocycles. The summed E-state index contributed by atoms with van der Waals surface area (Å²) >= 11 is 6.73. The number of carbonyl (C=O) groups excluding carboxylic acids is 3. The minimum atomic E-state index is -4.71. The Morgan fingerprint density at radius 2 is 1.90 bits per heavy atom. The zero-order valence-corrected chi connectivity index (χ0v) is 28.6. The van der Waals surface area contributed by atoms with Crippen LogP contribution in [0.1, 0.15) is 58.9 Å². The molecule has 10 nitrogen and oxygen atoms in total. The molecule has 3 N–H and O–H groups in total. The number of hydrogen-bond acceptors (Lipinski definition) is 8. The number of anilines is 1. The Hall–Kier alpha value is -4.00. The normalized spacial score (nSPS) is 20.1. The molecule has 0 aliphatic carbocycles. The maximum absolute atomic E-state index is 13.3. The predicted octanol–water partition coefficient (Wildman–Crippen LogP) is 6.74. The van der Waals surface area contributed by atoms with Gasteiger partial charge in [0, 0.05) is 42.9 Å². The lowest BCUT2D eigenvalue weighted by molar-refractivity contribution is -0.137. The summed E-state index contributed by atoms with van der Waals surface area (Å²) in [6.45, 7) is 9.19. The van der Waals surface area contributed by atoms with Gasteiger partial charge in [-0.1, -0.05) is 35.5 Å². The van der Waals surface area contributed by atoms with E-state index in [9.17, 15) is 27.6 Å². The molecule has 4 rings (SSSR count). The van der Waals surface area contributed by atoms with E-state index in [-0.39, 0.29) is 22.5 Å². The lowest BCUT2D eigenvalue weighted by Crippen LogP contribution is -2.43. The highest BCUT2D eigenvalue weighted by Crippen LogP contribution is 2.36. The molecule has 1 aromatic rings. The molecule has 1 fully saturated rings. The molecule has 15 heteroatoms. The molecular weight excluding hydrogens is 669 g/mol. The maximum atomic E-state index is 13.3. The molecule has 258 valence electrons. The Morgan fingerprint density at radius 3 is 2.58 bits per heavy atom. The Balaban J connectivity index is 1.30. The van der Waals surface area contributed by atoms with Crippen molar-refractivity contribution in [2.24, 2.45) is 10.9 Å². The molecule has 0 radical (unpaired) electrons. The van der Waals surface area contributed by atoms with Crippen LogP contribution in [0.15, 0.2) is 69.0 Å². The molecule has 3 aliphatic heterocycles. The number of nitrogens with zero attached hydrogens (tertiary/aromatic N) is 3. The molecule has 0 aromatic carbocycles. The summed E-state index contributed by atoms with van der Waals surface area (Å²) in [6, 6.07) is 0.177. The Bertz CT molecular complexity index is 1600. The number of allylic oxidation sites excluding steroid dienone is 3. The number of alkyl halides is 3. The lowest BCUT2D eigenvalue weighted by Gasteiger charge is -2.33. The van der Waals surface area contributed by atoms with E-state index in [2.05, 4.69) is 31.7 Å². The number of aliphatic imine (C=N–C) groups is 1. The molecule has 3 aliphatic rings. The highest BCUT2D eigenvalue weighted by atomic mass is 35.5. The molecule has 0 spiro atoms. The number of nitrogens with one attached hydrogen (secondary N) is 3. The third-order valence-electron chi connectivity index (χ3n) is 7.40. The molecule has 4 heterocycles. The molecule has 0 bridgehead atoms. The number of hydrogen-bond donors (Lipinski definition) is 3. The van der Waals surface area contributed by atoms with E-state index in [0.29, 0.717) is 49.4 Å². The fourth-order valence-electron chi connectivity index (χ4n) is 4.90. The number of piperidine rings is 1. The van der Waals surface area contributed by atoms with Crippen molar-refractivity contribution in [3.05, 3.63) is 74.6 Å². The fraction of sp³-hybridized carbons (Fsp3) is 0.455. The van der Waals surface area contributed by atoms with E-state index in [4.69, 9.17) is 16.3 Å². The summed E-state index contributed by atoms with van der Waals surface area (Å²) in [5.41, 5.74) is 2.27. The summed E-state index contributed by atoms with van der Waals surface area (Å²) < 4.78 is 45.2. The summed E-state index contributed by atoms with van der Waals surface area (Å²) in [6.07, 6.45) is 6.80. The van der Waals surface area contributed by atoms with E-state index in [0.717, 1.165) is 36.5 Å². The highest BCUT2D eigenvalue weighted by Gasteiger charge is 2.34. The van der Waals surface area contributed by atoms with E-state index in [1.165, 1.54) is 6.20 Å². The van der Waals surface area contributed by atoms with Crippen molar-refractivity contribution >= 4 is 52.8 Å². The second-order valence-corrected chi connectivity index (χ2v) is 13.9. The largest absolute Gasteiger partial charge is 0.444 e. The minimum absolute atomic E-state index is 0.175. The van der Waals surface area contributed by atoms with Gasteiger partial charge in [-0.15, -0.1) is 5.73 Å². The Kier molecular flexibility index (Phi) is 12.2. The molecule has 48 heavy (non-hydrogen) atoms. The SMILES string of the molecule is CC(NC(=O)C1=N/C=C=CC/C(NCC2CCN(C(=O)OC(C)(C)C)CC2)=C\1)C1=CCC=C(C(=O)Nc2cc(C(F)(F)F)c(Cl)cn2)S1. The van der Waals surface area contributed by atoms with E-state index in [1.807, 2.05) is 32.9 Å². The topological polar surface area (TPSA) is 125 Å². The van der Waals surface area contributed by atoms with Gasteiger partial charge in [0.25, 0.3) is 11.8 Å². The van der Waals surface area contributed by atoms with Crippen LogP contribution in [-0.4, -0.2) is 64.8 Å². The van der Waals surface area contributed by atoms with Crippen LogP contribution >= 0.6 is 23.4 Å². The molecule has 1 atom stereocenters. The summed E-state index contributed by atoms with van der Waals surface area (Å²) in [5.74, 6) is -1.02. The standard InChI is InChI=1S/C33H38ClF3N6O4S/c1-20(26-9-7-10-27(48-26)30(45)42-28-17-23(33(35,36)37)24(34)19-40-28)41-29(44)25-16-22(8-5-6-13-38-25)39-18-21-11-14-43(15-12-21)31(46)47-32(2,3)4/h5,9-10,13,16-17,19-21,39H,7-8,11-12,14-15,18H2,1-4H3,(H,41,44)(H,40,42,45)/b22-16+,38-25+. The van der Waals surface area contributed by atoms with Gasteiger partial charge in [0.2, 0.25) is 0 Å². The third kappa shape index (κ3) is 10.8. The lowest BCUT2D eigenvalue weighted by atomic mass is 9.97. The minimum Gasteiger partial charge on any atom is -0.444 e. The summed E-state index contributed by atoms with van der Waals surface area (Å²) in [5, 5.41) is 8.17. The van der Waals surface area contributed by atoms with Crippen LogP contribution < -0.4 is 16.0 Å². The van der Waals surface area contributed by atoms with Gasteiger partial charge in [-0.25, -0.2) is 14.8 Å². The first-order valence-corrected chi connectivity index (χ1v) is 16.6. The molecule has 1 saturated heterocycles. The van der Waals surface area contributed by atoms with E-state index < -0.39 is 40.2 Å². The summed E-state index contributed by atoms with van der Waals surface area (Å²) in [4.78, 5) is 49.3. The van der Waals surface area contributed by atoms with E-state index >= 15 is 0 Å². The van der Waals surface area contributed by atoms with Gasteiger partial charge >= 0.3 is 12.3 Å². The second kappa shape index (κ2) is 15.9. The number of amides is 3. The van der Waals surface area contributed by atoms with Gasteiger partial charge in [-0.3, -0.25) is 9.59 Å². The smallest absolute Gasteiger partial charge is 0.418 e. The number of halogens is 4. The van der Waals surface area contributed by atoms with Gasteiger partial charge in [-0.2, -0.15) is 13.2 Å². The average molecular weight is 707 g/mol. The third-order valence-corrected chi connectivity index (χ3v) is 9.03. The maximum Gasteiger partial charge on any atom is 0.418 e. The Labute approximate surface area is 286 Å². The molecule has 1 unspecified atom stereocenters. The van der Waals surface area contributed by atoms with Crippen molar-refractivity contribution in [3.8, 4) is 0 Å². The number of rotatable bonds is 8. The first-order chi connectivity index (χ1) is 22.6. The van der Waals surface area contributed by atoms with E-state index in [1.54, 1.807) is 24.0 Å². The highest BCUT2D eigenvalue weighted by molar-refractivity contribution is 8.07. The van der Waals surface area contributed by atoms with Crippen molar-refractivity contribution in [1.29, 1.82) is 0 Å². The predicted molar refractivity (Wildman–Crippen MR) is 180 cm³/mol. The van der Waals surface area contributed by atoms with Gasteiger partial charge in [0.15, 0.2) is 0 Å². The number of aromatic nitrogens is 1. The zero-order chi connectivity index (χ0) is 35.1. The fourth-order valence-corrected chi connectivity index (χ4v) is 6.10. The molecule has 1 aromatic heterocycles. The van der Waals surface area contributed by atoms with Gasteiger partial charge < -0.3 is 25.6 Å². The van der Waals surface area contributed by atoms with Crippen LogP contribution in [0, 0.1) is 5.92 Å². The molecule has 3 amide bonds. The van der Waals surface area contributed by atoms with Crippen LogP contribution in [0.5, 0.6) is 0 Å². The molecular formula is C33H38ClF3N6O4S. The van der Waals surface area contributed by atoms with Crippen molar-refractivity contribution < 1.29 is 32.3 Å². The number of likely N-dealkylation sites (tertiary alicyclic amines) is 1. The number of thioether (sulfide) groups is 1. The van der Waals surface area contributed by atoms with Gasteiger partial charge in [-0.05, 0) is 71.1 Å². The van der Waals surface area contributed by atoms with Crippen molar-refractivity contribution in [1.82, 2.24) is 20.5 Å². The zero-order valence-electron chi connectivity index (χ0n) is 27.0. The van der Waals surface area contributed by atoms with Crippen molar-refractivity contribution in [2.45, 2.75) is 71.2 Å². The van der Waals surface area contributed by atoms with Crippen LogP contribution in [0.2, 0.25) is 5.02 Å². The summed E-state index contributed by atoms with van der Waals surface area (Å²) in [7, 11) is 0. The quantitative estimate of drug-likeness (QED) is 0.256. The van der Waals surface area contributed by atoms with Crippen molar-refractivity contribution in [3.63, 3.8) is 0 Å². The number of carbonyl (C=O) groups is 3. The number of ether oxygens (including phenoxy) is 1. The monoisotopic (exact) mass is 706 g/mol. The van der Waals surface area contributed by atoms with Crippen LogP contribution in [0.4, 0.5) is 23.8 Å². The van der Waals surface area contributed by atoms with Crippen LogP contribution in [0.3, 0.4) is 0 Å². The van der Waals surface area contributed by atoms with Gasteiger partial charge in [0.05, 0.1) is 27.7 Å². The first kappa shape index (κ1) is 36.8. The first-order valence-electron chi connectivity index (χ1n) is 15.4. The second-order valence-electron chi connectivity index (χ2n) is 12.4. The number of pyridine rings is 1. The van der Waals surface area contributed by atoms with Gasteiger partial charge in [0.1, 0.15) is 17.1 Å². The van der Waals surface area contributed by atoms with Crippen molar-refractivity contribution in [2.75, 3.05) is 25.0 Å². The van der Waals surface area contributed by atoms with Crippen LogP contribution in [0.25, 0.3) is 0 Å². The Morgan fingerprint density at radius 1 is 1.17 bits per heavy atom. The average Bonchev–Trinajstić information content (AvgIpc) is 3.00. The van der Waals surface area contributed by atoms with Crippen LogP contribution in [-0.2, 0) is 20.5 Å².